The molecule has 6 rings (SSSR count). The Morgan fingerprint density at radius 2 is 1.38 bits per heavy atom. The van der Waals surface area contributed by atoms with Gasteiger partial charge in [0.2, 0.25) is 30.1 Å². The first kappa shape index (κ1) is 44.6. The number of carbonyl (C=O) groups excluding carboxylic acids is 3. The Morgan fingerprint density at radius 3 is 1.85 bits per heavy atom. The third kappa shape index (κ3) is 9.65. The van der Waals surface area contributed by atoms with Gasteiger partial charge < -0.3 is 34.7 Å². The van der Waals surface area contributed by atoms with Crippen molar-refractivity contribution >= 4 is 48.7 Å². The molecule has 2 aromatic carbocycles. The van der Waals surface area contributed by atoms with E-state index in [9.17, 15) is 14.4 Å². The third-order valence-corrected chi connectivity index (χ3v) is 12.8. The van der Waals surface area contributed by atoms with Gasteiger partial charge in [-0.25, -0.2) is 14.8 Å². The summed E-state index contributed by atoms with van der Waals surface area (Å²) >= 11 is 6.10. The van der Waals surface area contributed by atoms with E-state index in [-0.39, 0.29) is 52.8 Å². The number of hydrogen-bond donors (Lipinski definition) is 5. The first-order chi connectivity index (χ1) is 28.8. The smallest absolute Gasteiger partial charge is 0.407 e. The maximum Gasteiger partial charge on any atom is 0.407 e. The number of methoxy groups -OCH3 is 1. The van der Waals surface area contributed by atoms with Crippen LogP contribution in [-0.2, 0) is 24.1 Å². The molecule has 6 atom stereocenters. The van der Waals surface area contributed by atoms with Crippen LogP contribution in [0.5, 0.6) is 0 Å². The second kappa shape index (κ2) is 19.6. The van der Waals surface area contributed by atoms with Gasteiger partial charge in [-0.1, -0.05) is 76.2 Å². The monoisotopic (exact) mass is 866 g/mol. The lowest BCUT2D eigenvalue weighted by Crippen LogP contribution is -2.51. The number of benzene rings is 2. The summed E-state index contributed by atoms with van der Waals surface area (Å²) in [6, 6.07) is 12.7. The van der Waals surface area contributed by atoms with Crippen LogP contribution in [-0.4, -0.2) is 104 Å². The lowest BCUT2D eigenvalue weighted by atomic mass is 9.95. The van der Waals surface area contributed by atoms with Gasteiger partial charge in [0.1, 0.15) is 35.7 Å². The zero-order chi connectivity index (χ0) is 43.2. The van der Waals surface area contributed by atoms with Crippen LogP contribution >= 0.6 is 24.4 Å². The number of imidazole rings is 2. The Kier molecular flexibility index (Phi) is 14.6. The topological polar surface area (TPSA) is 179 Å². The molecule has 4 N–H and O–H groups in total. The highest BCUT2D eigenvalue weighted by molar-refractivity contribution is 7.99. The number of likely N-dealkylation sites (tertiary alicyclic amines) is 2. The van der Waals surface area contributed by atoms with Crippen molar-refractivity contribution in [2.45, 2.75) is 63.9 Å². The number of nitrogens with zero attached hydrogens (tertiary/aromatic N) is 4. The van der Waals surface area contributed by atoms with E-state index >= 15 is 8.78 Å². The van der Waals surface area contributed by atoms with E-state index in [0.717, 1.165) is 11.1 Å². The molecular formula is C42H52F2N8O6S2. The Morgan fingerprint density at radius 1 is 0.867 bits per heavy atom. The van der Waals surface area contributed by atoms with E-state index in [2.05, 4.69) is 42.8 Å². The number of halogens is 2. The van der Waals surface area contributed by atoms with E-state index in [4.69, 9.17) is 15.0 Å². The van der Waals surface area contributed by atoms with E-state index in [1.54, 1.807) is 45.8 Å². The number of alkyl carbamates (subject to hydrolysis) is 1. The molecule has 0 radical (unpaired) electrons. The number of aromatic amines is 2. The van der Waals surface area contributed by atoms with Gasteiger partial charge in [0.25, 0.3) is 0 Å². The zero-order valence-corrected chi connectivity index (χ0v) is 36.1. The number of ether oxygens (including phenoxy) is 1. The number of carbonyl (C=O) groups is 3. The first-order valence-corrected chi connectivity index (χ1v) is 21.8. The summed E-state index contributed by atoms with van der Waals surface area (Å²) in [5.74, 6) is -1.21. The van der Waals surface area contributed by atoms with Crippen LogP contribution in [0.1, 0.15) is 64.3 Å². The predicted molar refractivity (Wildman–Crippen MR) is 228 cm³/mol. The molecule has 14 nitrogen and oxygen atoms in total. The van der Waals surface area contributed by atoms with Crippen LogP contribution in [0.4, 0.5) is 13.6 Å². The summed E-state index contributed by atoms with van der Waals surface area (Å²) in [5.41, 5.74) is 3.02. The van der Waals surface area contributed by atoms with Crippen molar-refractivity contribution in [3.8, 4) is 33.6 Å². The molecule has 322 valence electrons. The molecular weight excluding hydrogens is 815 g/mol. The van der Waals surface area contributed by atoms with Crippen molar-refractivity contribution in [1.29, 1.82) is 5.41 Å². The minimum absolute atomic E-state index is 0.0330. The van der Waals surface area contributed by atoms with Gasteiger partial charge in [-0.3, -0.25) is 15.0 Å². The van der Waals surface area contributed by atoms with Gasteiger partial charge in [0.05, 0.1) is 25.1 Å². The van der Waals surface area contributed by atoms with Crippen LogP contribution in [0.15, 0.2) is 48.5 Å². The lowest BCUT2D eigenvalue weighted by molar-refractivity contribution is -0.229. The first-order valence-electron chi connectivity index (χ1n) is 19.9. The molecule has 3 amide bonds. The second-order valence-electron chi connectivity index (χ2n) is 15.8. The van der Waals surface area contributed by atoms with E-state index in [0.29, 0.717) is 60.9 Å². The predicted octanol–water partition coefficient (Wildman–Crippen LogP) is 7.44. The SMILES string of the molecule is COC(=O)N[C@H](C(=O)N1C[C@@H](SC)CC1c1nc(-c2ccc(-c3ccc(-c4nc([C@@H]5C[C@H](CS)CN5C(=O)[C@@H](COOC=N)C(C)C)[nH]c4F)cc3)cc2)c(F)[nH]1)C(C)C. The number of H-pyrrole nitrogens is 2. The molecule has 4 heterocycles. The number of nitrogens with one attached hydrogen (secondary N) is 4. The second-order valence-corrected chi connectivity index (χ2v) is 17.3. The molecule has 60 heavy (non-hydrogen) atoms. The van der Waals surface area contributed by atoms with E-state index in [1.807, 2.05) is 58.2 Å². The molecule has 0 bridgehead atoms. The summed E-state index contributed by atoms with van der Waals surface area (Å²) in [4.78, 5) is 67.6. The fraction of sp³-hybridized carbons (Fsp3) is 0.476. The molecule has 2 aliphatic rings. The highest BCUT2D eigenvalue weighted by Crippen LogP contribution is 2.40. The maximum atomic E-state index is 15.6. The maximum absolute atomic E-state index is 15.6. The molecule has 2 aliphatic heterocycles. The van der Waals surface area contributed by atoms with Crippen LogP contribution in [0, 0.1) is 41.0 Å². The summed E-state index contributed by atoms with van der Waals surface area (Å²) in [5, 5.41) is 9.78. The van der Waals surface area contributed by atoms with Crippen molar-refractivity contribution in [3.63, 3.8) is 0 Å². The molecule has 2 fully saturated rings. The average Bonchev–Trinajstić information content (AvgIpc) is 4.05. The number of hydrogen-bond acceptors (Lipinski definition) is 11. The Hall–Kier alpha value is -4.94. The molecule has 0 aliphatic carbocycles. The van der Waals surface area contributed by atoms with Gasteiger partial charge >= 0.3 is 6.09 Å². The van der Waals surface area contributed by atoms with E-state index in [1.165, 1.54) is 7.11 Å². The summed E-state index contributed by atoms with van der Waals surface area (Å²) in [6.45, 7) is 8.32. The minimum atomic E-state index is -0.826. The van der Waals surface area contributed by atoms with Crippen LogP contribution in [0.3, 0.4) is 0 Å². The highest BCUT2D eigenvalue weighted by Gasteiger charge is 2.43. The van der Waals surface area contributed by atoms with Crippen LogP contribution in [0.2, 0.25) is 0 Å². The quantitative estimate of drug-likeness (QED) is 0.0191. The molecule has 4 aromatic rings. The third-order valence-electron chi connectivity index (χ3n) is 11.3. The number of aromatic nitrogens is 4. The standard InChI is InChI=1S/C42H52F2N8O6S2/c1-22(2)30(19-57-58-21-45)40(53)51-17-24(20-59)15-31(51)38-46-34(36(43)49-38)27-11-7-25(8-12-27)26-9-13-28(14-10-26)35-37(44)50-39(47-35)32-16-29(60-6)18-52(32)41(54)33(23(3)4)48-42(55)56-5/h7-14,21-24,29-33,45,59H,15-20H2,1-6H3,(H,46,49)(H,47,50)(H,48,55)/t24-,29-,30-,31-,32?,33-/m0/s1. The van der Waals surface area contributed by atoms with Gasteiger partial charge in [-0.15, -0.1) is 0 Å². The fourth-order valence-corrected chi connectivity index (χ4v) is 8.84. The van der Waals surface area contributed by atoms with Gasteiger partial charge in [-0.05, 0) is 53.7 Å². The van der Waals surface area contributed by atoms with Crippen LogP contribution in [0.25, 0.3) is 33.6 Å². The normalized spacial score (nSPS) is 20.1. The van der Waals surface area contributed by atoms with Crippen molar-refractivity contribution in [2.75, 3.05) is 38.8 Å². The summed E-state index contributed by atoms with van der Waals surface area (Å²) in [7, 11) is 1.24. The van der Waals surface area contributed by atoms with Crippen molar-refractivity contribution in [2.24, 2.45) is 23.7 Å². The Labute approximate surface area is 357 Å². The molecule has 0 saturated carbocycles. The molecule has 18 heteroatoms. The number of amides is 3. The number of rotatable bonds is 16. The van der Waals surface area contributed by atoms with Crippen molar-refractivity contribution in [3.05, 3.63) is 72.1 Å². The van der Waals surface area contributed by atoms with E-state index < -0.39 is 42.0 Å². The lowest BCUT2D eigenvalue weighted by Gasteiger charge is -2.29. The molecule has 1 unspecified atom stereocenters. The Balaban J connectivity index is 1.17. The largest absolute Gasteiger partial charge is 0.453 e. The van der Waals surface area contributed by atoms with Crippen molar-refractivity contribution in [1.82, 2.24) is 35.1 Å². The zero-order valence-electron chi connectivity index (χ0n) is 34.4. The van der Waals surface area contributed by atoms with Crippen LogP contribution < -0.4 is 5.32 Å². The fourth-order valence-electron chi connectivity index (χ4n) is 7.89. The van der Waals surface area contributed by atoms with Gasteiger partial charge in [0, 0.05) is 29.5 Å². The molecule has 0 spiro atoms. The highest BCUT2D eigenvalue weighted by atomic mass is 32.2. The van der Waals surface area contributed by atoms with Gasteiger partial charge in [0.15, 0.2) is 0 Å². The Bertz CT molecular complexity index is 2130. The number of thiol groups is 1. The molecule has 2 saturated heterocycles. The summed E-state index contributed by atoms with van der Waals surface area (Å²) in [6.07, 6.45) is 3.05. The minimum Gasteiger partial charge on any atom is -0.453 e. The van der Waals surface area contributed by atoms with Crippen molar-refractivity contribution < 1.29 is 37.7 Å². The summed E-state index contributed by atoms with van der Waals surface area (Å²) < 4.78 is 35.9. The average molecular weight is 867 g/mol. The van der Waals surface area contributed by atoms with Gasteiger partial charge in [-0.2, -0.15) is 38.1 Å². The molecule has 2 aromatic heterocycles. The number of thioether (sulfide) groups is 1.